The van der Waals surface area contributed by atoms with E-state index in [0.717, 1.165) is 12.8 Å². The normalized spacial score (nSPS) is 38.8. The van der Waals surface area contributed by atoms with Crippen LogP contribution in [0.1, 0.15) is 40.0 Å². The van der Waals surface area contributed by atoms with Gasteiger partial charge in [0, 0.05) is 5.57 Å². The first-order valence-electron chi connectivity index (χ1n) is 6.79. The molecule has 2 rings (SSSR count). The zero-order valence-electron chi connectivity index (χ0n) is 11.7. The van der Waals surface area contributed by atoms with Crippen molar-refractivity contribution in [3.63, 3.8) is 0 Å². The molecule has 2 aliphatic rings. The first kappa shape index (κ1) is 14.3. The summed E-state index contributed by atoms with van der Waals surface area (Å²) in [6.45, 7) is 6.34. The van der Waals surface area contributed by atoms with Crippen molar-refractivity contribution in [1.29, 1.82) is 0 Å². The fourth-order valence-corrected chi connectivity index (χ4v) is 3.04. The highest BCUT2D eigenvalue weighted by Gasteiger charge is 2.38. The van der Waals surface area contributed by atoms with Gasteiger partial charge in [-0.2, -0.15) is 0 Å². The van der Waals surface area contributed by atoms with E-state index in [2.05, 4.69) is 18.6 Å². The number of esters is 1. The summed E-state index contributed by atoms with van der Waals surface area (Å²) in [4.78, 5) is 11.5. The standard InChI is InChI=1S/C15H22O4/c1-9-6-12(16)7-10(2)15(9,3)5-4-11-8-13(17)19-14(11)18/h6,8,10,12-13,16-17H,4-5,7H2,1-3H3/t10-,12-,13-,15-/m1/s1. The minimum atomic E-state index is -1.09. The predicted octanol–water partition coefficient (Wildman–Crippen LogP) is 1.92. The molecule has 0 aromatic carbocycles. The van der Waals surface area contributed by atoms with Crippen molar-refractivity contribution in [3.05, 3.63) is 23.3 Å². The summed E-state index contributed by atoms with van der Waals surface area (Å²) in [5, 5.41) is 19.0. The number of aliphatic hydroxyl groups is 2. The average molecular weight is 266 g/mol. The van der Waals surface area contributed by atoms with Crippen LogP contribution < -0.4 is 0 Å². The summed E-state index contributed by atoms with van der Waals surface area (Å²) in [6.07, 6.45) is 4.11. The molecule has 4 nitrogen and oxygen atoms in total. The van der Waals surface area contributed by atoms with Crippen LogP contribution in [0.2, 0.25) is 0 Å². The molecular weight excluding hydrogens is 244 g/mol. The van der Waals surface area contributed by atoms with Crippen molar-refractivity contribution in [2.24, 2.45) is 11.3 Å². The highest BCUT2D eigenvalue weighted by Crippen LogP contribution is 2.46. The molecule has 1 aliphatic carbocycles. The second kappa shape index (κ2) is 5.10. The second-order valence-electron chi connectivity index (χ2n) is 5.96. The summed E-state index contributed by atoms with van der Waals surface area (Å²) < 4.78 is 4.69. The topological polar surface area (TPSA) is 66.8 Å². The summed E-state index contributed by atoms with van der Waals surface area (Å²) >= 11 is 0. The number of ether oxygens (including phenoxy) is 1. The van der Waals surface area contributed by atoms with Gasteiger partial charge >= 0.3 is 5.97 Å². The molecule has 0 aromatic rings. The quantitative estimate of drug-likeness (QED) is 0.605. The maximum Gasteiger partial charge on any atom is 0.336 e. The molecule has 2 N–H and O–H groups in total. The van der Waals surface area contributed by atoms with Gasteiger partial charge in [0.1, 0.15) is 0 Å². The lowest BCUT2D eigenvalue weighted by Gasteiger charge is -2.41. The van der Waals surface area contributed by atoms with E-state index in [9.17, 15) is 15.0 Å². The number of rotatable bonds is 3. The third kappa shape index (κ3) is 2.74. The van der Waals surface area contributed by atoms with Crippen LogP contribution in [0.5, 0.6) is 0 Å². The van der Waals surface area contributed by atoms with Crippen molar-refractivity contribution < 1.29 is 19.7 Å². The Bertz CT molecular complexity index is 437. The van der Waals surface area contributed by atoms with Crippen LogP contribution in [0.3, 0.4) is 0 Å². The number of cyclic esters (lactones) is 1. The average Bonchev–Trinajstić information content (AvgIpc) is 2.62. The maximum absolute atomic E-state index is 11.5. The van der Waals surface area contributed by atoms with Crippen molar-refractivity contribution >= 4 is 5.97 Å². The molecule has 0 unspecified atom stereocenters. The molecule has 0 bridgehead atoms. The Morgan fingerprint density at radius 1 is 1.42 bits per heavy atom. The highest BCUT2D eigenvalue weighted by atomic mass is 16.6. The molecule has 0 amide bonds. The van der Waals surface area contributed by atoms with Crippen molar-refractivity contribution in [3.8, 4) is 0 Å². The Morgan fingerprint density at radius 3 is 2.63 bits per heavy atom. The molecule has 4 heteroatoms. The highest BCUT2D eigenvalue weighted by molar-refractivity contribution is 5.90. The molecule has 0 radical (unpaired) electrons. The molecule has 0 aromatic heterocycles. The van der Waals surface area contributed by atoms with Crippen LogP contribution in [0.15, 0.2) is 23.3 Å². The van der Waals surface area contributed by atoms with Crippen LogP contribution >= 0.6 is 0 Å². The minimum absolute atomic E-state index is 0.0199. The molecular formula is C15H22O4. The zero-order chi connectivity index (χ0) is 14.2. The van der Waals surface area contributed by atoms with Gasteiger partial charge in [-0.3, -0.25) is 0 Å². The number of allylic oxidation sites excluding steroid dienone is 1. The number of aliphatic hydroxyl groups excluding tert-OH is 2. The fourth-order valence-electron chi connectivity index (χ4n) is 3.04. The van der Waals surface area contributed by atoms with E-state index in [-0.39, 0.29) is 11.5 Å². The lowest BCUT2D eigenvalue weighted by atomic mass is 9.64. The SMILES string of the molecule is CC1=C[C@@H](O)C[C@@H](C)[C@]1(C)CCC1=C[C@H](O)OC1=O. The van der Waals surface area contributed by atoms with Gasteiger partial charge in [0.05, 0.1) is 6.10 Å². The predicted molar refractivity (Wildman–Crippen MR) is 71.1 cm³/mol. The molecule has 106 valence electrons. The maximum atomic E-state index is 11.5. The summed E-state index contributed by atoms with van der Waals surface area (Å²) in [5.74, 6) is -0.0586. The van der Waals surface area contributed by atoms with Gasteiger partial charge in [-0.15, -0.1) is 0 Å². The third-order valence-electron chi connectivity index (χ3n) is 4.77. The van der Waals surface area contributed by atoms with Crippen LogP contribution in [0.25, 0.3) is 0 Å². The van der Waals surface area contributed by atoms with Gasteiger partial charge < -0.3 is 14.9 Å². The molecule has 19 heavy (non-hydrogen) atoms. The number of carbonyl (C=O) groups is 1. The summed E-state index contributed by atoms with van der Waals surface area (Å²) in [7, 11) is 0. The lowest BCUT2D eigenvalue weighted by molar-refractivity contribution is -0.151. The first-order valence-corrected chi connectivity index (χ1v) is 6.79. The third-order valence-corrected chi connectivity index (χ3v) is 4.77. The largest absolute Gasteiger partial charge is 0.429 e. The summed E-state index contributed by atoms with van der Waals surface area (Å²) in [5.41, 5.74) is 1.71. The van der Waals surface area contributed by atoms with Gasteiger partial charge in [0.2, 0.25) is 6.29 Å². The van der Waals surface area contributed by atoms with E-state index in [1.807, 2.05) is 13.0 Å². The molecule has 0 saturated heterocycles. The van der Waals surface area contributed by atoms with E-state index in [0.29, 0.717) is 17.9 Å². The van der Waals surface area contributed by atoms with Gasteiger partial charge in [0.15, 0.2) is 0 Å². The first-order chi connectivity index (χ1) is 8.83. The molecule has 1 aliphatic heterocycles. The molecule has 0 spiro atoms. The minimum Gasteiger partial charge on any atom is -0.429 e. The van der Waals surface area contributed by atoms with Gasteiger partial charge in [-0.25, -0.2) is 4.79 Å². The molecule has 1 heterocycles. The Hall–Kier alpha value is -1.13. The second-order valence-corrected chi connectivity index (χ2v) is 5.96. The molecule has 0 saturated carbocycles. The van der Waals surface area contributed by atoms with Gasteiger partial charge in [-0.1, -0.05) is 25.5 Å². The van der Waals surface area contributed by atoms with E-state index >= 15 is 0 Å². The Balaban J connectivity index is 2.08. The number of hydrogen-bond acceptors (Lipinski definition) is 4. The Morgan fingerprint density at radius 2 is 2.11 bits per heavy atom. The smallest absolute Gasteiger partial charge is 0.336 e. The fraction of sp³-hybridized carbons (Fsp3) is 0.667. The van der Waals surface area contributed by atoms with E-state index in [1.165, 1.54) is 11.6 Å². The Kier molecular flexibility index (Phi) is 3.83. The van der Waals surface area contributed by atoms with E-state index < -0.39 is 12.3 Å². The van der Waals surface area contributed by atoms with Crippen LogP contribution in [-0.4, -0.2) is 28.6 Å². The van der Waals surface area contributed by atoms with E-state index in [1.54, 1.807) is 0 Å². The Labute approximate surface area is 113 Å². The van der Waals surface area contributed by atoms with Gasteiger partial charge in [-0.05, 0) is 43.6 Å². The van der Waals surface area contributed by atoms with E-state index in [4.69, 9.17) is 0 Å². The number of hydrogen-bond donors (Lipinski definition) is 2. The van der Waals surface area contributed by atoms with Crippen molar-refractivity contribution in [2.45, 2.75) is 52.4 Å². The zero-order valence-corrected chi connectivity index (χ0v) is 11.7. The van der Waals surface area contributed by atoms with Crippen LogP contribution in [0.4, 0.5) is 0 Å². The summed E-state index contributed by atoms with van der Waals surface area (Å²) in [6, 6.07) is 0. The molecule has 0 fully saturated rings. The number of carbonyl (C=O) groups excluding carboxylic acids is 1. The lowest BCUT2D eigenvalue weighted by Crippen LogP contribution is -2.34. The van der Waals surface area contributed by atoms with Crippen LogP contribution in [-0.2, 0) is 9.53 Å². The monoisotopic (exact) mass is 266 g/mol. The van der Waals surface area contributed by atoms with Crippen LogP contribution in [0, 0.1) is 11.3 Å². The molecule has 4 atom stereocenters. The van der Waals surface area contributed by atoms with Crippen molar-refractivity contribution in [2.75, 3.05) is 0 Å². The van der Waals surface area contributed by atoms with Gasteiger partial charge in [0.25, 0.3) is 0 Å². The van der Waals surface area contributed by atoms with Crippen molar-refractivity contribution in [1.82, 2.24) is 0 Å².